The first-order valence-electron chi connectivity index (χ1n) is 7.27. The number of halogens is 1. The van der Waals surface area contributed by atoms with E-state index in [1.807, 2.05) is 37.3 Å². The van der Waals surface area contributed by atoms with Crippen LogP contribution in [0.2, 0.25) is 0 Å². The monoisotopic (exact) mass is 310 g/mol. The van der Waals surface area contributed by atoms with Gasteiger partial charge in [-0.05, 0) is 43.3 Å². The smallest absolute Gasteiger partial charge is 0.280 e. The number of nitrogens with zero attached hydrogens (tertiary/aromatic N) is 2. The zero-order valence-corrected chi connectivity index (χ0v) is 12.6. The number of aromatic nitrogens is 1. The molecule has 0 radical (unpaired) electrons. The van der Waals surface area contributed by atoms with Crippen molar-refractivity contribution in [1.29, 1.82) is 0 Å². The first-order valence-corrected chi connectivity index (χ1v) is 7.27. The number of hydrogen-bond acceptors (Lipinski definition) is 3. The zero-order chi connectivity index (χ0) is 16.2. The summed E-state index contributed by atoms with van der Waals surface area (Å²) >= 11 is 0. The van der Waals surface area contributed by atoms with Gasteiger partial charge in [0.05, 0.1) is 0 Å². The minimum absolute atomic E-state index is 0.218. The molecular formula is C18H15FN2O2. The molecule has 0 unspecified atom stereocenters. The normalized spacial score (nSPS) is 10.5. The maximum absolute atomic E-state index is 13.0. The summed E-state index contributed by atoms with van der Waals surface area (Å²) in [5.74, 6) is -0.237. The zero-order valence-electron chi connectivity index (χ0n) is 12.6. The molecule has 4 nitrogen and oxygen atoms in total. The molecule has 0 aliphatic rings. The Labute approximate surface area is 133 Å². The number of carbonyl (C=O) groups excluding carboxylic acids is 1. The third-order valence-electron chi connectivity index (χ3n) is 3.44. The number of anilines is 1. The minimum Gasteiger partial charge on any atom is -0.444 e. The van der Waals surface area contributed by atoms with Crippen LogP contribution >= 0.6 is 0 Å². The minimum atomic E-state index is -0.343. The lowest BCUT2D eigenvalue weighted by Crippen LogP contribution is -2.30. The van der Waals surface area contributed by atoms with Crippen LogP contribution in [0.15, 0.2) is 65.3 Å². The van der Waals surface area contributed by atoms with Gasteiger partial charge in [0, 0.05) is 17.8 Å². The lowest BCUT2D eigenvalue weighted by atomic mass is 10.2. The van der Waals surface area contributed by atoms with Crippen LogP contribution < -0.4 is 4.90 Å². The van der Waals surface area contributed by atoms with Crippen LogP contribution in [0, 0.1) is 5.82 Å². The standard InChI is InChI=1S/C18H15FN2O2/c1-2-21(15-10-8-14(19)9-11-15)18(22)16-12-23-17(20-16)13-6-4-3-5-7-13/h3-12H,2H2,1H3. The molecule has 1 amide bonds. The molecule has 3 aromatic rings. The van der Waals surface area contributed by atoms with Gasteiger partial charge in [0.15, 0.2) is 5.69 Å². The molecule has 23 heavy (non-hydrogen) atoms. The highest BCUT2D eigenvalue weighted by molar-refractivity contribution is 6.04. The van der Waals surface area contributed by atoms with E-state index in [0.29, 0.717) is 18.1 Å². The van der Waals surface area contributed by atoms with Gasteiger partial charge >= 0.3 is 0 Å². The average Bonchev–Trinajstić information content (AvgIpc) is 3.08. The van der Waals surface area contributed by atoms with Crippen molar-refractivity contribution in [1.82, 2.24) is 4.98 Å². The van der Waals surface area contributed by atoms with Crippen molar-refractivity contribution in [3.8, 4) is 11.5 Å². The van der Waals surface area contributed by atoms with E-state index in [1.165, 1.54) is 23.3 Å². The summed E-state index contributed by atoms with van der Waals surface area (Å²) < 4.78 is 18.4. The topological polar surface area (TPSA) is 46.3 Å². The van der Waals surface area contributed by atoms with E-state index in [0.717, 1.165) is 5.56 Å². The van der Waals surface area contributed by atoms with Crippen LogP contribution in [0.3, 0.4) is 0 Å². The average molecular weight is 310 g/mol. The molecule has 0 spiro atoms. The third-order valence-corrected chi connectivity index (χ3v) is 3.44. The summed E-state index contributed by atoms with van der Waals surface area (Å²) in [5.41, 5.74) is 1.63. The molecule has 0 N–H and O–H groups in total. The number of hydrogen-bond donors (Lipinski definition) is 0. The van der Waals surface area contributed by atoms with E-state index in [4.69, 9.17) is 4.42 Å². The second-order valence-electron chi connectivity index (χ2n) is 4.93. The van der Waals surface area contributed by atoms with Crippen LogP contribution in [0.4, 0.5) is 10.1 Å². The lowest BCUT2D eigenvalue weighted by molar-refractivity contribution is 0.0983. The fourth-order valence-electron chi connectivity index (χ4n) is 2.29. The summed E-state index contributed by atoms with van der Waals surface area (Å²) in [4.78, 5) is 18.4. The number of oxazole rings is 1. The van der Waals surface area contributed by atoms with Gasteiger partial charge in [0.2, 0.25) is 5.89 Å². The Morgan fingerprint density at radius 1 is 1.13 bits per heavy atom. The summed E-state index contributed by atoms with van der Waals surface area (Å²) in [7, 11) is 0. The summed E-state index contributed by atoms with van der Waals surface area (Å²) in [6.07, 6.45) is 1.34. The second-order valence-corrected chi connectivity index (χ2v) is 4.93. The lowest BCUT2D eigenvalue weighted by Gasteiger charge is -2.19. The molecule has 116 valence electrons. The molecule has 0 saturated carbocycles. The van der Waals surface area contributed by atoms with Gasteiger partial charge in [0.1, 0.15) is 12.1 Å². The van der Waals surface area contributed by atoms with Crippen LogP contribution in [-0.2, 0) is 0 Å². The predicted molar refractivity (Wildman–Crippen MR) is 85.7 cm³/mol. The Kier molecular flexibility index (Phi) is 4.19. The predicted octanol–water partition coefficient (Wildman–Crippen LogP) is 4.15. The highest BCUT2D eigenvalue weighted by Crippen LogP contribution is 2.21. The fourth-order valence-corrected chi connectivity index (χ4v) is 2.29. The third kappa shape index (κ3) is 3.13. The molecule has 3 rings (SSSR count). The van der Waals surface area contributed by atoms with Crippen molar-refractivity contribution in [2.75, 3.05) is 11.4 Å². The fraction of sp³-hybridized carbons (Fsp3) is 0.111. The molecule has 1 heterocycles. The molecule has 0 atom stereocenters. The SMILES string of the molecule is CCN(C(=O)c1coc(-c2ccccc2)n1)c1ccc(F)cc1. The Morgan fingerprint density at radius 2 is 1.83 bits per heavy atom. The molecular weight excluding hydrogens is 295 g/mol. The van der Waals surface area contributed by atoms with E-state index in [9.17, 15) is 9.18 Å². The Bertz CT molecular complexity index is 797. The number of rotatable bonds is 4. The Balaban J connectivity index is 1.87. The van der Waals surface area contributed by atoms with Gasteiger partial charge in [-0.3, -0.25) is 4.79 Å². The molecule has 2 aromatic carbocycles. The molecule has 0 aliphatic carbocycles. The summed E-state index contributed by atoms with van der Waals surface area (Å²) in [5, 5.41) is 0. The molecule has 0 aliphatic heterocycles. The van der Waals surface area contributed by atoms with Crippen molar-refractivity contribution in [2.24, 2.45) is 0 Å². The van der Waals surface area contributed by atoms with Gasteiger partial charge < -0.3 is 9.32 Å². The molecule has 0 saturated heterocycles. The van der Waals surface area contributed by atoms with Gasteiger partial charge in [0.25, 0.3) is 5.91 Å². The largest absolute Gasteiger partial charge is 0.444 e. The van der Waals surface area contributed by atoms with Crippen LogP contribution in [0.1, 0.15) is 17.4 Å². The van der Waals surface area contributed by atoms with E-state index < -0.39 is 0 Å². The van der Waals surface area contributed by atoms with E-state index in [-0.39, 0.29) is 17.4 Å². The molecule has 0 bridgehead atoms. The van der Waals surface area contributed by atoms with Crippen molar-refractivity contribution in [3.05, 3.63) is 72.4 Å². The van der Waals surface area contributed by atoms with Crippen LogP contribution in [0.25, 0.3) is 11.5 Å². The highest BCUT2D eigenvalue weighted by atomic mass is 19.1. The van der Waals surface area contributed by atoms with Crippen LogP contribution in [0.5, 0.6) is 0 Å². The number of amides is 1. The Hall–Kier alpha value is -2.95. The Morgan fingerprint density at radius 3 is 2.48 bits per heavy atom. The van der Waals surface area contributed by atoms with E-state index in [1.54, 1.807) is 12.1 Å². The van der Waals surface area contributed by atoms with E-state index >= 15 is 0 Å². The van der Waals surface area contributed by atoms with Gasteiger partial charge in [-0.15, -0.1) is 0 Å². The summed E-state index contributed by atoms with van der Waals surface area (Å²) in [6.45, 7) is 2.29. The number of carbonyl (C=O) groups is 1. The molecule has 0 fully saturated rings. The highest BCUT2D eigenvalue weighted by Gasteiger charge is 2.20. The number of benzene rings is 2. The van der Waals surface area contributed by atoms with Gasteiger partial charge in [-0.25, -0.2) is 9.37 Å². The maximum atomic E-state index is 13.0. The summed E-state index contributed by atoms with van der Waals surface area (Å²) in [6, 6.07) is 15.1. The van der Waals surface area contributed by atoms with Crippen molar-refractivity contribution >= 4 is 11.6 Å². The van der Waals surface area contributed by atoms with Crippen molar-refractivity contribution in [2.45, 2.75) is 6.92 Å². The first-order chi connectivity index (χ1) is 11.2. The van der Waals surface area contributed by atoms with Crippen LogP contribution in [-0.4, -0.2) is 17.4 Å². The van der Waals surface area contributed by atoms with Crippen molar-refractivity contribution < 1.29 is 13.6 Å². The van der Waals surface area contributed by atoms with Gasteiger partial charge in [-0.2, -0.15) is 0 Å². The molecule has 1 aromatic heterocycles. The maximum Gasteiger partial charge on any atom is 0.280 e. The molecule has 5 heteroatoms. The van der Waals surface area contributed by atoms with Gasteiger partial charge in [-0.1, -0.05) is 18.2 Å². The quantitative estimate of drug-likeness (QED) is 0.727. The van der Waals surface area contributed by atoms with Crippen molar-refractivity contribution in [3.63, 3.8) is 0 Å². The van der Waals surface area contributed by atoms with E-state index in [2.05, 4.69) is 4.98 Å². The second kappa shape index (κ2) is 6.44. The first kappa shape index (κ1) is 15.0.